The lowest BCUT2D eigenvalue weighted by atomic mass is 10.0. The summed E-state index contributed by atoms with van der Waals surface area (Å²) in [5.74, 6) is 0. The first-order valence-corrected chi connectivity index (χ1v) is 6.99. The summed E-state index contributed by atoms with van der Waals surface area (Å²) in [6.07, 6.45) is 1.19. The summed E-state index contributed by atoms with van der Waals surface area (Å²) < 4.78 is 0. The molecule has 3 rings (SSSR count). The molecule has 1 fully saturated rings. The second-order valence-electron chi connectivity index (χ2n) is 5.10. The van der Waals surface area contributed by atoms with E-state index in [1.165, 1.54) is 17.5 Å². The molecule has 2 atom stereocenters. The highest BCUT2D eigenvalue weighted by atomic mass is 79.9. The van der Waals surface area contributed by atoms with Crippen molar-refractivity contribution in [2.75, 3.05) is 6.54 Å². The summed E-state index contributed by atoms with van der Waals surface area (Å²) >= 11 is 0. The smallest absolute Gasteiger partial charge is 0.0476 e. The Morgan fingerprint density at radius 2 is 1.52 bits per heavy atom. The summed E-state index contributed by atoms with van der Waals surface area (Å²) in [6, 6.07) is 22.3. The lowest BCUT2D eigenvalue weighted by Crippen LogP contribution is -2.33. The summed E-state index contributed by atoms with van der Waals surface area (Å²) in [4.78, 5) is 0. The van der Waals surface area contributed by atoms with Gasteiger partial charge in [0, 0.05) is 18.6 Å². The Morgan fingerprint density at radius 3 is 2.19 bits per heavy atom. The van der Waals surface area contributed by atoms with Crippen LogP contribution in [0.15, 0.2) is 60.7 Å². The Hall–Kier alpha value is -0.680. The molecule has 1 aliphatic heterocycles. The zero-order chi connectivity index (χ0) is 12.9. The van der Waals surface area contributed by atoms with Gasteiger partial charge in [0.05, 0.1) is 0 Å². The van der Waals surface area contributed by atoms with E-state index in [-0.39, 0.29) is 34.0 Å². The van der Waals surface area contributed by atoms with Crippen LogP contribution in [0.5, 0.6) is 0 Å². The zero-order valence-electron chi connectivity index (χ0n) is 11.9. The second kappa shape index (κ2) is 9.36. The Labute approximate surface area is 147 Å². The van der Waals surface area contributed by atoms with Crippen molar-refractivity contribution < 1.29 is 0 Å². The molecule has 0 amide bonds. The standard InChI is InChI=1S/C17H20N2.2BrH/c1-3-7-14(8-4-1)13-19-16-11-12-18-17(16)15-9-5-2-6-10-15;;/h1-10,16-19H,11-13H2;2*1H/t16-,17-;;/m0../s1. The van der Waals surface area contributed by atoms with Crippen LogP contribution in [0.25, 0.3) is 0 Å². The highest BCUT2D eigenvalue weighted by Crippen LogP contribution is 2.23. The number of benzene rings is 2. The van der Waals surface area contributed by atoms with E-state index in [1.807, 2.05) is 0 Å². The Bertz CT molecular complexity index is 505. The van der Waals surface area contributed by atoms with Crippen LogP contribution in [-0.2, 0) is 6.54 Å². The van der Waals surface area contributed by atoms with Crippen molar-refractivity contribution in [3.05, 3.63) is 71.8 Å². The van der Waals surface area contributed by atoms with Gasteiger partial charge in [-0.2, -0.15) is 0 Å². The molecule has 0 aliphatic carbocycles. The molecular formula is C17H22Br2N2. The highest BCUT2D eigenvalue weighted by molar-refractivity contribution is 8.93. The third-order valence-corrected chi connectivity index (χ3v) is 3.79. The minimum absolute atomic E-state index is 0. The topological polar surface area (TPSA) is 24.1 Å². The molecule has 4 heteroatoms. The first kappa shape index (κ1) is 18.4. The molecule has 2 nitrogen and oxygen atoms in total. The summed E-state index contributed by atoms with van der Waals surface area (Å²) in [7, 11) is 0. The first-order valence-electron chi connectivity index (χ1n) is 6.99. The highest BCUT2D eigenvalue weighted by Gasteiger charge is 2.27. The van der Waals surface area contributed by atoms with Gasteiger partial charge < -0.3 is 10.6 Å². The molecule has 0 bridgehead atoms. The largest absolute Gasteiger partial charge is 0.309 e. The Balaban J connectivity index is 0.00000110. The number of hydrogen-bond donors (Lipinski definition) is 2. The minimum atomic E-state index is 0. The fourth-order valence-corrected chi connectivity index (χ4v) is 2.78. The van der Waals surface area contributed by atoms with Crippen molar-refractivity contribution in [3.8, 4) is 0 Å². The number of hydrogen-bond acceptors (Lipinski definition) is 2. The van der Waals surface area contributed by atoms with E-state index in [1.54, 1.807) is 0 Å². The average molecular weight is 414 g/mol. The van der Waals surface area contributed by atoms with Crippen molar-refractivity contribution >= 4 is 34.0 Å². The Morgan fingerprint density at radius 1 is 0.905 bits per heavy atom. The normalized spacial score (nSPS) is 20.4. The van der Waals surface area contributed by atoms with E-state index in [2.05, 4.69) is 71.3 Å². The maximum Gasteiger partial charge on any atom is 0.0476 e. The van der Waals surface area contributed by atoms with Crippen LogP contribution in [-0.4, -0.2) is 12.6 Å². The van der Waals surface area contributed by atoms with Crippen LogP contribution in [0.4, 0.5) is 0 Å². The van der Waals surface area contributed by atoms with E-state index >= 15 is 0 Å². The predicted molar refractivity (Wildman–Crippen MR) is 99.5 cm³/mol. The Kier molecular flexibility index (Phi) is 8.19. The van der Waals surface area contributed by atoms with Crippen molar-refractivity contribution in [2.24, 2.45) is 0 Å². The lowest BCUT2D eigenvalue weighted by Gasteiger charge is -2.21. The molecule has 0 spiro atoms. The number of nitrogens with one attached hydrogen (secondary N) is 2. The lowest BCUT2D eigenvalue weighted by molar-refractivity contribution is 0.461. The minimum Gasteiger partial charge on any atom is -0.309 e. The van der Waals surface area contributed by atoms with Crippen LogP contribution in [0, 0.1) is 0 Å². The van der Waals surface area contributed by atoms with Crippen molar-refractivity contribution in [3.63, 3.8) is 0 Å². The maximum atomic E-state index is 3.68. The van der Waals surface area contributed by atoms with Crippen molar-refractivity contribution in [1.29, 1.82) is 0 Å². The fourth-order valence-electron chi connectivity index (χ4n) is 2.78. The van der Waals surface area contributed by atoms with Gasteiger partial charge in [0.15, 0.2) is 0 Å². The summed E-state index contributed by atoms with van der Waals surface area (Å²) in [6.45, 7) is 2.03. The molecule has 2 aromatic carbocycles. The molecule has 114 valence electrons. The molecule has 2 N–H and O–H groups in total. The number of halogens is 2. The van der Waals surface area contributed by atoms with Gasteiger partial charge >= 0.3 is 0 Å². The van der Waals surface area contributed by atoms with E-state index in [4.69, 9.17) is 0 Å². The van der Waals surface area contributed by atoms with E-state index in [0.717, 1.165) is 13.1 Å². The third kappa shape index (κ3) is 4.92. The van der Waals surface area contributed by atoms with Gasteiger partial charge in [-0.25, -0.2) is 0 Å². The van der Waals surface area contributed by atoms with Crippen molar-refractivity contribution in [2.45, 2.75) is 25.0 Å². The van der Waals surface area contributed by atoms with Crippen LogP contribution < -0.4 is 10.6 Å². The van der Waals surface area contributed by atoms with Gasteiger partial charge in [0.1, 0.15) is 0 Å². The van der Waals surface area contributed by atoms with Gasteiger partial charge in [0.25, 0.3) is 0 Å². The predicted octanol–water partition coefficient (Wildman–Crippen LogP) is 4.04. The van der Waals surface area contributed by atoms with Crippen molar-refractivity contribution in [1.82, 2.24) is 10.6 Å². The van der Waals surface area contributed by atoms with Gasteiger partial charge in [-0.3, -0.25) is 0 Å². The summed E-state index contributed by atoms with van der Waals surface area (Å²) in [5, 5.41) is 7.28. The van der Waals surface area contributed by atoms with Crippen LogP contribution >= 0.6 is 34.0 Å². The molecule has 0 saturated carbocycles. The average Bonchev–Trinajstić information content (AvgIpc) is 2.95. The molecule has 0 aromatic heterocycles. The molecule has 21 heavy (non-hydrogen) atoms. The molecule has 0 unspecified atom stereocenters. The van der Waals surface area contributed by atoms with Gasteiger partial charge in [-0.15, -0.1) is 34.0 Å². The van der Waals surface area contributed by atoms with Crippen LogP contribution in [0.3, 0.4) is 0 Å². The monoisotopic (exact) mass is 412 g/mol. The van der Waals surface area contributed by atoms with E-state index in [9.17, 15) is 0 Å². The molecular weight excluding hydrogens is 392 g/mol. The maximum absolute atomic E-state index is 3.68. The number of rotatable bonds is 4. The SMILES string of the molecule is Br.Br.c1ccc(CN[C@H]2CCN[C@H]2c2ccccc2)cc1. The third-order valence-electron chi connectivity index (χ3n) is 3.79. The first-order chi connectivity index (χ1) is 9.43. The van der Waals surface area contributed by atoms with E-state index in [0.29, 0.717) is 12.1 Å². The molecule has 1 heterocycles. The molecule has 0 radical (unpaired) electrons. The van der Waals surface area contributed by atoms with Gasteiger partial charge in [-0.05, 0) is 24.1 Å². The molecule has 2 aromatic rings. The van der Waals surface area contributed by atoms with Crippen LogP contribution in [0.1, 0.15) is 23.6 Å². The molecule has 1 aliphatic rings. The zero-order valence-corrected chi connectivity index (χ0v) is 15.3. The van der Waals surface area contributed by atoms with Crippen LogP contribution in [0.2, 0.25) is 0 Å². The molecule has 1 saturated heterocycles. The summed E-state index contributed by atoms with van der Waals surface area (Å²) in [5.41, 5.74) is 2.73. The van der Waals surface area contributed by atoms with Gasteiger partial charge in [0.2, 0.25) is 0 Å². The fraction of sp³-hybridized carbons (Fsp3) is 0.294. The second-order valence-corrected chi connectivity index (χ2v) is 5.10. The van der Waals surface area contributed by atoms with E-state index < -0.39 is 0 Å². The quantitative estimate of drug-likeness (QED) is 0.790. The van der Waals surface area contributed by atoms with Gasteiger partial charge in [-0.1, -0.05) is 60.7 Å².